The first-order chi connectivity index (χ1) is 8.97. The summed E-state index contributed by atoms with van der Waals surface area (Å²) in [4.78, 5) is 24.1. The average Bonchev–Trinajstić information content (AvgIpc) is 2.38. The summed E-state index contributed by atoms with van der Waals surface area (Å²) in [5.74, 6) is -0.257. The zero-order chi connectivity index (χ0) is 14.4. The van der Waals surface area contributed by atoms with E-state index in [9.17, 15) is 14.9 Å². The topological polar surface area (TPSA) is 83.7 Å². The number of nitro groups is 1. The molecule has 0 fully saturated rings. The van der Waals surface area contributed by atoms with Crippen molar-refractivity contribution in [3.8, 4) is 0 Å². The fraction of sp³-hybridized carbons (Fsp3) is 0.462. The summed E-state index contributed by atoms with van der Waals surface area (Å²) < 4.78 is 0. The second-order valence-electron chi connectivity index (χ2n) is 4.48. The van der Waals surface area contributed by atoms with E-state index >= 15 is 0 Å². The van der Waals surface area contributed by atoms with Crippen molar-refractivity contribution >= 4 is 11.6 Å². The Morgan fingerprint density at radius 2 is 2.16 bits per heavy atom. The lowest BCUT2D eigenvalue weighted by molar-refractivity contribution is -0.384. The van der Waals surface area contributed by atoms with Crippen molar-refractivity contribution in [2.24, 2.45) is 0 Å². The van der Waals surface area contributed by atoms with E-state index in [1.165, 1.54) is 18.2 Å². The maximum Gasteiger partial charge on any atom is 0.270 e. The fourth-order valence-electron chi connectivity index (χ4n) is 1.75. The lowest BCUT2D eigenvalue weighted by Gasteiger charge is -2.26. The number of aliphatic hydroxyl groups excluding tert-OH is 1. The maximum absolute atomic E-state index is 12.3. The smallest absolute Gasteiger partial charge is 0.270 e. The highest BCUT2D eigenvalue weighted by atomic mass is 16.6. The monoisotopic (exact) mass is 266 g/mol. The van der Waals surface area contributed by atoms with Gasteiger partial charge in [-0.1, -0.05) is 6.07 Å². The molecule has 0 aliphatic carbocycles. The third-order valence-electron chi connectivity index (χ3n) is 2.75. The van der Waals surface area contributed by atoms with Crippen LogP contribution in [0.3, 0.4) is 0 Å². The molecule has 6 heteroatoms. The first kappa shape index (κ1) is 15.1. The molecule has 0 atom stereocenters. The van der Waals surface area contributed by atoms with Crippen LogP contribution >= 0.6 is 0 Å². The lowest BCUT2D eigenvalue weighted by Crippen LogP contribution is -2.38. The number of amides is 1. The minimum Gasteiger partial charge on any atom is -0.396 e. The molecule has 1 N–H and O–H groups in total. The third-order valence-corrected chi connectivity index (χ3v) is 2.75. The van der Waals surface area contributed by atoms with Gasteiger partial charge >= 0.3 is 0 Å². The number of non-ortho nitro benzene ring substituents is 1. The van der Waals surface area contributed by atoms with Crippen LogP contribution in [-0.2, 0) is 0 Å². The number of hydrogen-bond donors (Lipinski definition) is 1. The van der Waals surface area contributed by atoms with Gasteiger partial charge in [-0.25, -0.2) is 0 Å². The van der Waals surface area contributed by atoms with E-state index in [0.29, 0.717) is 18.5 Å². The van der Waals surface area contributed by atoms with E-state index < -0.39 is 4.92 Å². The molecule has 0 aromatic heterocycles. The standard InChI is InChI=1S/C13H18N2O4/c1-10(2)14(7-4-8-16)13(17)11-5-3-6-12(9-11)15(18)19/h3,5-6,9-10,16H,4,7-8H2,1-2H3. The molecule has 1 aromatic rings. The Hall–Kier alpha value is -1.95. The summed E-state index contributed by atoms with van der Waals surface area (Å²) in [7, 11) is 0. The number of benzene rings is 1. The van der Waals surface area contributed by atoms with Crippen molar-refractivity contribution < 1.29 is 14.8 Å². The Bertz CT molecular complexity index is 460. The number of carbonyl (C=O) groups excluding carboxylic acids is 1. The highest BCUT2D eigenvalue weighted by Crippen LogP contribution is 2.16. The minimum atomic E-state index is -0.524. The molecule has 1 rings (SSSR count). The van der Waals surface area contributed by atoms with Crippen LogP contribution in [-0.4, -0.2) is 40.0 Å². The summed E-state index contributed by atoms with van der Waals surface area (Å²) in [6.45, 7) is 4.17. The normalized spacial score (nSPS) is 10.5. The summed E-state index contributed by atoms with van der Waals surface area (Å²) in [6.07, 6.45) is 0.485. The number of nitrogens with zero attached hydrogens (tertiary/aromatic N) is 2. The van der Waals surface area contributed by atoms with E-state index in [-0.39, 0.29) is 24.2 Å². The van der Waals surface area contributed by atoms with E-state index in [2.05, 4.69) is 0 Å². The molecule has 0 heterocycles. The molecule has 1 amide bonds. The second kappa shape index (κ2) is 6.84. The Labute approximate surface area is 111 Å². The number of aliphatic hydroxyl groups is 1. The summed E-state index contributed by atoms with van der Waals surface area (Å²) in [5, 5.41) is 19.5. The van der Waals surface area contributed by atoms with E-state index in [4.69, 9.17) is 5.11 Å². The second-order valence-corrected chi connectivity index (χ2v) is 4.48. The Morgan fingerprint density at radius 3 is 2.68 bits per heavy atom. The molecule has 0 radical (unpaired) electrons. The van der Waals surface area contributed by atoms with Gasteiger partial charge in [0.15, 0.2) is 0 Å². The molecule has 0 saturated carbocycles. The van der Waals surface area contributed by atoms with Crippen LogP contribution in [0.5, 0.6) is 0 Å². The van der Waals surface area contributed by atoms with Crippen LogP contribution in [0.15, 0.2) is 24.3 Å². The maximum atomic E-state index is 12.3. The third kappa shape index (κ3) is 4.03. The molecule has 0 unspecified atom stereocenters. The van der Waals surface area contributed by atoms with Gasteiger partial charge in [0.1, 0.15) is 0 Å². The number of nitro benzene ring substituents is 1. The highest BCUT2D eigenvalue weighted by Gasteiger charge is 2.20. The largest absolute Gasteiger partial charge is 0.396 e. The number of carbonyl (C=O) groups is 1. The first-order valence-corrected chi connectivity index (χ1v) is 6.13. The molecule has 0 spiro atoms. The van der Waals surface area contributed by atoms with Crippen LogP contribution in [0.25, 0.3) is 0 Å². The van der Waals surface area contributed by atoms with E-state index in [0.717, 1.165) is 0 Å². The molecular weight excluding hydrogens is 248 g/mol. The summed E-state index contributed by atoms with van der Waals surface area (Å²) >= 11 is 0. The van der Waals surface area contributed by atoms with Crippen LogP contribution in [0.2, 0.25) is 0 Å². The van der Waals surface area contributed by atoms with Crippen molar-refractivity contribution in [1.82, 2.24) is 4.90 Å². The fourth-order valence-corrected chi connectivity index (χ4v) is 1.75. The Balaban J connectivity index is 2.95. The average molecular weight is 266 g/mol. The van der Waals surface area contributed by atoms with Gasteiger partial charge in [0.2, 0.25) is 0 Å². The molecule has 0 aliphatic heterocycles. The van der Waals surface area contributed by atoms with Gasteiger partial charge in [0.05, 0.1) is 4.92 Å². The van der Waals surface area contributed by atoms with Crippen molar-refractivity contribution in [3.05, 3.63) is 39.9 Å². The Morgan fingerprint density at radius 1 is 1.47 bits per heavy atom. The zero-order valence-electron chi connectivity index (χ0n) is 11.1. The van der Waals surface area contributed by atoms with Crippen LogP contribution in [0.1, 0.15) is 30.6 Å². The van der Waals surface area contributed by atoms with Crippen LogP contribution in [0, 0.1) is 10.1 Å². The quantitative estimate of drug-likeness (QED) is 0.629. The van der Waals surface area contributed by atoms with Crippen LogP contribution in [0.4, 0.5) is 5.69 Å². The van der Waals surface area contributed by atoms with Gasteiger partial charge in [-0.05, 0) is 26.3 Å². The summed E-state index contributed by atoms with van der Waals surface area (Å²) in [5.41, 5.74) is 0.192. The molecular formula is C13H18N2O4. The molecule has 0 saturated heterocycles. The predicted octanol–water partition coefficient (Wildman–Crippen LogP) is 1.83. The highest BCUT2D eigenvalue weighted by molar-refractivity contribution is 5.95. The minimum absolute atomic E-state index is 0.00539. The lowest BCUT2D eigenvalue weighted by atomic mass is 10.1. The molecule has 1 aromatic carbocycles. The molecule has 19 heavy (non-hydrogen) atoms. The van der Waals surface area contributed by atoms with Gasteiger partial charge < -0.3 is 10.0 Å². The van der Waals surface area contributed by atoms with Crippen molar-refractivity contribution in [2.45, 2.75) is 26.3 Å². The summed E-state index contributed by atoms with van der Waals surface area (Å²) in [6, 6.07) is 5.65. The molecule has 104 valence electrons. The Kier molecular flexibility index (Phi) is 5.44. The van der Waals surface area contributed by atoms with Crippen LogP contribution < -0.4 is 0 Å². The van der Waals surface area contributed by atoms with Crippen molar-refractivity contribution in [3.63, 3.8) is 0 Å². The van der Waals surface area contributed by atoms with Gasteiger partial charge in [-0.2, -0.15) is 0 Å². The molecule has 0 aliphatic rings. The zero-order valence-corrected chi connectivity index (χ0v) is 11.1. The molecule has 6 nitrogen and oxygen atoms in total. The van der Waals surface area contributed by atoms with E-state index in [1.54, 1.807) is 11.0 Å². The number of hydrogen-bond acceptors (Lipinski definition) is 4. The predicted molar refractivity (Wildman–Crippen MR) is 71.0 cm³/mol. The van der Waals surface area contributed by atoms with Gasteiger partial charge in [-0.15, -0.1) is 0 Å². The SMILES string of the molecule is CC(C)N(CCCO)C(=O)c1cccc([N+](=O)[O-])c1. The van der Waals surface area contributed by atoms with Crippen molar-refractivity contribution in [2.75, 3.05) is 13.2 Å². The number of rotatable bonds is 6. The molecule has 0 bridgehead atoms. The van der Waals surface area contributed by atoms with Gasteiger partial charge in [0, 0.05) is 36.9 Å². The van der Waals surface area contributed by atoms with Crippen molar-refractivity contribution in [1.29, 1.82) is 0 Å². The first-order valence-electron chi connectivity index (χ1n) is 6.13. The van der Waals surface area contributed by atoms with Gasteiger partial charge in [0.25, 0.3) is 11.6 Å². The van der Waals surface area contributed by atoms with E-state index in [1.807, 2.05) is 13.8 Å². The van der Waals surface area contributed by atoms with Gasteiger partial charge in [-0.3, -0.25) is 14.9 Å².